The van der Waals surface area contributed by atoms with Gasteiger partial charge in [0, 0.05) is 23.8 Å². The fourth-order valence-electron chi connectivity index (χ4n) is 2.68. The fraction of sp³-hybridized carbons (Fsp3) is 0.250. The molecule has 0 atom stereocenters. The molecule has 0 saturated heterocycles. The van der Waals surface area contributed by atoms with Crippen molar-refractivity contribution in [3.8, 4) is 0 Å². The lowest BCUT2D eigenvalue weighted by Crippen LogP contribution is -2.29. The van der Waals surface area contributed by atoms with E-state index in [-0.39, 0.29) is 0 Å². The van der Waals surface area contributed by atoms with Crippen LogP contribution in [0.4, 0.5) is 11.4 Å². The van der Waals surface area contributed by atoms with E-state index in [0.717, 1.165) is 6.42 Å². The Hall–Kier alpha value is -1.76. The van der Waals surface area contributed by atoms with E-state index in [1.54, 1.807) is 0 Å². The first-order chi connectivity index (χ1) is 8.27. The van der Waals surface area contributed by atoms with Crippen molar-refractivity contribution in [2.24, 2.45) is 0 Å². The molecule has 0 bridgehead atoms. The third kappa shape index (κ3) is 1.62. The lowest BCUT2D eigenvalue weighted by molar-refractivity contribution is 0.771. The van der Waals surface area contributed by atoms with E-state index >= 15 is 0 Å². The van der Waals surface area contributed by atoms with Crippen LogP contribution in [0, 0.1) is 0 Å². The summed E-state index contributed by atoms with van der Waals surface area (Å²) < 4.78 is 0. The Kier molecular flexibility index (Phi) is 2.40. The van der Waals surface area contributed by atoms with Gasteiger partial charge in [-0.05, 0) is 37.1 Å². The molecule has 3 rings (SSSR count). The predicted molar refractivity (Wildman–Crippen MR) is 73.0 cm³/mol. The molecule has 0 aromatic heterocycles. The van der Waals surface area contributed by atoms with Crippen LogP contribution in [0.25, 0.3) is 0 Å². The number of hydrogen-bond acceptors (Lipinski definition) is 1. The molecule has 1 aliphatic heterocycles. The molecular weight excluding hydrogens is 206 g/mol. The predicted octanol–water partition coefficient (Wildman–Crippen LogP) is 4.14. The minimum absolute atomic E-state index is 0.484. The van der Waals surface area contributed by atoms with E-state index in [2.05, 4.69) is 67.3 Å². The van der Waals surface area contributed by atoms with Crippen LogP contribution in [0.15, 0.2) is 48.5 Å². The smallest absolute Gasteiger partial charge is 0.0449 e. The summed E-state index contributed by atoms with van der Waals surface area (Å²) in [5.74, 6) is 0. The minimum atomic E-state index is 0.484. The SMILES string of the molecule is CC(C)N1c2ccccc2Cc2ccccc21. The summed E-state index contributed by atoms with van der Waals surface area (Å²) in [6.07, 6.45) is 1.05. The van der Waals surface area contributed by atoms with Gasteiger partial charge in [-0.2, -0.15) is 0 Å². The van der Waals surface area contributed by atoms with Crippen LogP contribution in [0.1, 0.15) is 25.0 Å². The van der Waals surface area contributed by atoms with Crippen LogP contribution in [0.3, 0.4) is 0 Å². The van der Waals surface area contributed by atoms with Crippen molar-refractivity contribution in [2.45, 2.75) is 26.3 Å². The summed E-state index contributed by atoms with van der Waals surface area (Å²) in [6.45, 7) is 4.50. The zero-order valence-corrected chi connectivity index (χ0v) is 10.4. The highest BCUT2D eigenvalue weighted by Gasteiger charge is 2.23. The standard InChI is InChI=1S/C16H17N/c1-12(2)17-15-9-5-3-7-13(15)11-14-8-4-6-10-16(14)17/h3-10,12H,11H2,1-2H3. The van der Waals surface area contributed by atoms with E-state index in [9.17, 15) is 0 Å². The van der Waals surface area contributed by atoms with E-state index in [1.165, 1.54) is 22.5 Å². The van der Waals surface area contributed by atoms with Crippen molar-refractivity contribution in [2.75, 3.05) is 4.90 Å². The highest BCUT2D eigenvalue weighted by Crippen LogP contribution is 2.39. The zero-order chi connectivity index (χ0) is 11.8. The number of nitrogens with zero attached hydrogens (tertiary/aromatic N) is 1. The van der Waals surface area contributed by atoms with Crippen molar-refractivity contribution >= 4 is 11.4 Å². The van der Waals surface area contributed by atoms with E-state index in [4.69, 9.17) is 0 Å². The summed E-state index contributed by atoms with van der Waals surface area (Å²) in [7, 11) is 0. The highest BCUT2D eigenvalue weighted by molar-refractivity contribution is 5.74. The molecule has 1 heteroatoms. The van der Waals surface area contributed by atoms with Gasteiger partial charge < -0.3 is 4.90 Å². The molecule has 0 saturated carbocycles. The molecule has 0 amide bonds. The van der Waals surface area contributed by atoms with E-state index in [0.29, 0.717) is 6.04 Å². The lowest BCUT2D eigenvalue weighted by atomic mass is 9.94. The van der Waals surface area contributed by atoms with Gasteiger partial charge in [-0.1, -0.05) is 36.4 Å². The Morgan fingerprint density at radius 2 is 1.29 bits per heavy atom. The number of hydrogen-bond donors (Lipinski definition) is 0. The van der Waals surface area contributed by atoms with Crippen LogP contribution in [0.2, 0.25) is 0 Å². The number of benzene rings is 2. The summed E-state index contributed by atoms with van der Waals surface area (Å²) in [4.78, 5) is 2.44. The second-order valence-electron chi connectivity index (χ2n) is 4.90. The van der Waals surface area contributed by atoms with Crippen molar-refractivity contribution in [1.29, 1.82) is 0 Å². The van der Waals surface area contributed by atoms with E-state index in [1.807, 2.05) is 0 Å². The molecule has 0 fully saturated rings. The van der Waals surface area contributed by atoms with Crippen molar-refractivity contribution in [1.82, 2.24) is 0 Å². The molecule has 2 aromatic carbocycles. The maximum Gasteiger partial charge on any atom is 0.0449 e. The van der Waals surface area contributed by atoms with Gasteiger partial charge in [0.05, 0.1) is 0 Å². The van der Waals surface area contributed by atoms with Gasteiger partial charge in [-0.15, -0.1) is 0 Å². The average molecular weight is 223 g/mol. The van der Waals surface area contributed by atoms with Crippen LogP contribution in [-0.4, -0.2) is 6.04 Å². The highest BCUT2D eigenvalue weighted by atomic mass is 15.2. The fourth-order valence-corrected chi connectivity index (χ4v) is 2.68. The second-order valence-corrected chi connectivity index (χ2v) is 4.90. The molecule has 0 radical (unpaired) electrons. The third-order valence-corrected chi connectivity index (χ3v) is 3.40. The molecule has 0 aliphatic carbocycles. The van der Waals surface area contributed by atoms with Crippen LogP contribution < -0.4 is 4.90 Å². The number of rotatable bonds is 1. The molecule has 0 unspecified atom stereocenters. The molecule has 2 aromatic rings. The normalized spacial score (nSPS) is 13.5. The quantitative estimate of drug-likeness (QED) is 0.702. The topological polar surface area (TPSA) is 3.24 Å². The molecule has 0 N–H and O–H groups in total. The van der Waals surface area contributed by atoms with Gasteiger partial charge in [0.25, 0.3) is 0 Å². The van der Waals surface area contributed by atoms with Crippen molar-refractivity contribution < 1.29 is 0 Å². The summed E-state index contributed by atoms with van der Waals surface area (Å²) in [5, 5.41) is 0. The first-order valence-corrected chi connectivity index (χ1v) is 6.22. The molecule has 1 aliphatic rings. The van der Waals surface area contributed by atoms with Gasteiger partial charge in [0.15, 0.2) is 0 Å². The lowest BCUT2D eigenvalue weighted by Gasteiger charge is -2.36. The second kappa shape index (κ2) is 3.92. The summed E-state index contributed by atoms with van der Waals surface area (Å²) in [5.41, 5.74) is 5.59. The minimum Gasteiger partial charge on any atom is -0.338 e. The number of fused-ring (bicyclic) bond motifs is 2. The van der Waals surface area contributed by atoms with Gasteiger partial charge in [0.1, 0.15) is 0 Å². The maximum atomic E-state index is 2.44. The van der Waals surface area contributed by atoms with Crippen molar-refractivity contribution in [3.63, 3.8) is 0 Å². The van der Waals surface area contributed by atoms with Crippen LogP contribution in [-0.2, 0) is 6.42 Å². The van der Waals surface area contributed by atoms with Gasteiger partial charge >= 0.3 is 0 Å². The molecular formula is C16H17N. The van der Waals surface area contributed by atoms with Gasteiger partial charge in [-0.3, -0.25) is 0 Å². The monoisotopic (exact) mass is 223 g/mol. The number of para-hydroxylation sites is 2. The summed E-state index contributed by atoms with van der Waals surface area (Å²) >= 11 is 0. The van der Waals surface area contributed by atoms with E-state index < -0.39 is 0 Å². The Morgan fingerprint density at radius 1 is 0.824 bits per heavy atom. The molecule has 1 heterocycles. The van der Waals surface area contributed by atoms with Crippen LogP contribution >= 0.6 is 0 Å². The average Bonchev–Trinajstić information content (AvgIpc) is 2.35. The van der Waals surface area contributed by atoms with Crippen molar-refractivity contribution in [3.05, 3.63) is 59.7 Å². The molecule has 86 valence electrons. The van der Waals surface area contributed by atoms with Gasteiger partial charge in [0.2, 0.25) is 0 Å². The molecule has 17 heavy (non-hydrogen) atoms. The third-order valence-electron chi connectivity index (χ3n) is 3.40. The first-order valence-electron chi connectivity index (χ1n) is 6.22. The largest absolute Gasteiger partial charge is 0.338 e. The zero-order valence-electron chi connectivity index (χ0n) is 10.4. The molecule has 0 spiro atoms. The van der Waals surface area contributed by atoms with Gasteiger partial charge in [-0.25, -0.2) is 0 Å². The van der Waals surface area contributed by atoms with Crippen LogP contribution in [0.5, 0.6) is 0 Å². The Bertz CT molecular complexity index is 497. The molecule has 1 nitrogen and oxygen atoms in total. The number of anilines is 2. The Labute approximate surface area is 103 Å². The maximum absolute atomic E-state index is 2.44. The summed E-state index contributed by atoms with van der Waals surface area (Å²) in [6, 6.07) is 17.9. The first kappa shape index (κ1) is 10.4. The Morgan fingerprint density at radius 3 is 1.76 bits per heavy atom. The Balaban J connectivity index is 2.21.